The van der Waals surface area contributed by atoms with E-state index in [1.807, 2.05) is 13.8 Å². The van der Waals surface area contributed by atoms with E-state index in [1.165, 1.54) is 45.1 Å². The number of ether oxygens (including phenoxy) is 1. The van der Waals surface area contributed by atoms with E-state index < -0.39 is 0 Å². The van der Waals surface area contributed by atoms with E-state index in [1.54, 1.807) is 7.11 Å². The number of rotatable bonds is 13. The first kappa shape index (κ1) is 22.4. The number of likely N-dealkylation sites (tertiary alicyclic amines) is 1. The maximum absolute atomic E-state index is 11.8. The van der Waals surface area contributed by atoms with Crippen LogP contribution in [0.5, 0.6) is 0 Å². The maximum Gasteiger partial charge on any atom is 0.220 e. The molecule has 1 fully saturated rings. The second-order valence-electron chi connectivity index (χ2n) is 6.29. The highest BCUT2D eigenvalue weighted by molar-refractivity contribution is 5.76. The molecule has 0 spiro atoms. The zero-order chi connectivity index (χ0) is 17.3. The molecule has 4 heteroatoms. The number of hydrogen-bond acceptors (Lipinski definition) is 3. The molecule has 0 atom stereocenters. The molecule has 0 unspecified atom stereocenters. The molecule has 138 valence electrons. The van der Waals surface area contributed by atoms with Gasteiger partial charge < -0.3 is 15.0 Å². The van der Waals surface area contributed by atoms with E-state index in [-0.39, 0.29) is 5.91 Å². The van der Waals surface area contributed by atoms with Crippen LogP contribution in [0.4, 0.5) is 0 Å². The molecule has 0 aliphatic carbocycles. The minimum Gasteiger partial charge on any atom is -0.385 e. The molecule has 1 aliphatic heterocycles. The molecule has 0 aromatic rings. The number of methoxy groups -OCH3 is 1. The van der Waals surface area contributed by atoms with Crippen LogP contribution in [0.2, 0.25) is 0 Å². The quantitative estimate of drug-likeness (QED) is 0.522. The van der Waals surface area contributed by atoms with Gasteiger partial charge in [-0.05, 0) is 31.7 Å². The third-order valence-electron chi connectivity index (χ3n) is 4.14. The summed E-state index contributed by atoms with van der Waals surface area (Å²) in [4.78, 5) is 14.2. The van der Waals surface area contributed by atoms with Gasteiger partial charge >= 0.3 is 0 Å². The Morgan fingerprint density at radius 3 is 2.30 bits per heavy atom. The highest BCUT2D eigenvalue weighted by Crippen LogP contribution is 2.18. The summed E-state index contributed by atoms with van der Waals surface area (Å²) in [6.45, 7) is 11.3. The number of carbonyl (C=O) groups excluding carboxylic acids is 1. The van der Waals surface area contributed by atoms with Crippen molar-refractivity contribution in [2.45, 2.75) is 72.1 Å². The molecule has 1 saturated heterocycles. The fraction of sp³-hybridized carbons (Fsp3) is 0.947. The molecule has 0 bridgehead atoms. The molecule has 4 nitrogen and oxygen atoms in total. The van der Waals surface area contributed by atoms with Crippen molar-refractivity contribution in [1.29, 1.82) is 0 Å². The summed E-state index contributed by atoms with van der Waals surface area (Å²) in [6, 6.07) is 0. The SMILES string of the molecule is CC.CCCN1CC(CC(=O)NCCCCCCCCOC)C1. The van der Waals surface area contributed by atoms with Crippen molar-refractivity contribution in [3.05, 3.63) is 0 Å². The van der Waals surface area contributed by atoms with Gasteiger partial charge in [0.05, 0.1) is 0 Å². The van der Waals surface area contributed by atoms with Crippen LogP contribution in [0.25, 0.3) is 0 Å². The van der Waals surface area contributed by atoms with Crippen molar-refractivity contribution in [1.82, 2.24) is 10.2 Å². The first-order valence-corrected chi connectivity index (χ1v) is 9.74. The van der Waals surface area contributed by atoms with Gasteiger partial charge in [0, 0.05) is 39.8 Å². The first-order valence-electron chi connectivity index (χ1n) is 9.74. The topological polar surface area (TPSA) is 41.6 Å². The summed E-state index contributed by atoms with van der Waals surface area (Å²) < 4.78 is 5.03. The van der Waals surface area contributed by atoms with Crippen LogP contribution in [0.1, 0.15) is 72.1 Å². The molecule has 23 heavy (non-hydrogen) atoms. The van der Waals surface area contributed by atoms with Crippen LogP contribution in [0.15, 0.2) is 0 Å². The van der Waals surface area contributed by atoms with Gasteiger partial charge in [0.15, 0.2) is 0 Å². The zero-order valence-electron chi connectivity index (χ0n) is 16.0. The highest BCUT2D eigenvalue weighted by atomic mass is 16.5. The lowest BCUT2D eigenvalue weighted by atomic mass is 9.96. The summed E-state index contributed by atoms with van der Waals surface area (Å²) in [6.07, 6.45) is 9.26. The van der Waals surface area contributed by atoms with E-state index in [0.29, 0.717) is 5.92 Å². The smallest absolute Gasteiger partial charge is 0.220 e. The number of hydrogen-bond donors (Lipinski definition) is 1. The average Bonchev–Trinajstić information content (AvgIpc) is 2.53. The molecule has 1 aliphatic rings. The molecule has 0 aromatic heterocycles. The Labute approximate surface area is 144 Å². The third kappa shape index (κ3) is 12.5. The van der Waals surface area contributed by atoms with Gasteiger partial charge in [-0.3, -0.25) is 4.79 Å². The van der Waals surface area contributed by atoms with E-state index in [0.717, 1.165) is 39.1 Å². The average molecular weight is 329 g/mol. The second kappa shape index (κ2) is 16.3. The Morgan fingerprint density at radius 2 is 1.70 bits per heavy atom. The van der Waals surface area contributed by atoms with Crippen LogP contribution in [0.3, 0.4) is 0 Å². The van der Waals surface area contributed by atoms with Gasteiger partial charge in [-0.15, -0.1) is 0 Å². The molecule has 1 heterocycles. The van der Waals surface area contributed by atoms with Crippen LogP contribution < -0.4 is 5.32 Å². The number of carbonyl (C=O) groups is 1. The Hall–Kier alpha value is -0.610. The molecule has 1 amide bonds. The second-order valence-corrected chi connectivity index (χ2v) is 6.29. The fourth-order valence-electron chi connectivity index (χ4n) is 2.95. The lowest BCUT2D eigenvalue weighted by Gasteiger charge is -2.38. The minimum absolute atomic E-state index is 0.247. The number of nitrogens with zero attached hydrogens (tertiary/aromatic N) is 1. The van der Waals surface area contributed by atoms with Gasteiger partial charge in [0.25, 0.3) is 0 Å². The third-order valence-corrected chi connectivity index (χ3v) is 4.14. The van der Waals surface area contributed by atoms with Crippen molar-refractivity contribution in [3.63, 3.8) is 0 Å². The summed E-state index contributed by atoms with van der Waals surface area (Å²) in [5.41, 5.74) is 0. The van der Waals surface area contributed by atoms with Gasteiger partial charge in [-0.2, -0.15) is 0 Å². The standard InChI is InChI=1S/C17H34N2O2.C2H6/c1-3-11-19-14-16(15-19)13-17(20)18-10-8-6-4-5-7-9-12-21-2;1-2/h16H,3-15H2,1-2H3,(H,18,20);1-2H3. The minimum atomic E-state index is 0.247. The lowest BCUT2D eigenvalue weighted by molar-refractivity contribution is -0.123. The first-order chi connectivity index (χ1) is 11.3. The maximum atomic E-state index is 11.8. The summed E-state index contributed by atoms with van der Waals surface area (Å²) in [5, 5.41) is 3.06. The molecular weight excluding hydrogens is 288 g/mol. The molecule has 0 aromatic carbocycles. The van der Waals surface area contributed by atoms with Crippen LogP contribution in [-0.4, -0.2) is 50.7 Å². The monoisotopic (exact) mass is 328 g/mol. The Balaban J connectivity index is 0.00000232. The predicted molar refractivity (Wildman–Crippen MR) is 98.8 cm³/mol. The lowest BCUT2D eigenvalue weighted by Crippen LogP contribution is -2.48. The summed E-state index contributed by atoms with van der Waals surface area (Å²) >= 11 is 0. The Kier molecular flexibility index (Phi) is 15.8. The predicted octanol–water partition coefficient (Wildman–Crippen LogP) is 3.85. The highest BCUT2D eigenvalue weighted by Gasteiger charge is 2.27. The van der Waals surface area contributed by atoms with Crippen molar-refractivity contribution in [2.24, 2.45) is 5.92 Å². The fourth-order valence-corrected chi connectivity index (χ4v) is 2.95. The molecule has 0 radical (unpaired) electrons. The van der Waals surface area contributed by atoms with E-state index in [9.17, 15) is 4.79 Å². The van der Waals surface area contributed by atoms with E-state index >= 15 is 0 Å². The number of amides is 1. The number of nitrogens with one attached hydrogen (secondary N) is 1. The summed E-state index contributed by atoms with van der Waals surface area (Å²) in [5.74, 6) is 0.841. The van der Waals surface area contributed by atoms with Gasteiger partial charge in [0.2, 0.25) is 5.91 Å². The van der Waals surface area contributed by atoms with Crippen molar-refractivity contribution >= 4 is 5.91 Å². The molecule has 1 rings (SSSR count). The van der Waals surface area contributed by atoms with Crippen molar-refractivity contribution in [2.75, 3.05) is 39.9 Å². The molecule has 0 saturated carbocycles. The van der Waals surface area contributed by atoms with Crippen LogP contribution in [0, 0.1) is 5.92 Å². The van der Waals surface area contributed by atoms with Gasteiger partial charge in [-0.1, -0.05) is 46.5 Å². The van der Waals surface area contributed by atoms with Gasteiger partial charge in [0.1, 0.15) is 0 Å². The van der Waals surface area contributed by atoms with Gasteiger partial charge in [-0.25, -0.2) is 0 Å². The largest absolute Gasteiger partial charge is 0.385 e. The van der Waals surface area contributed by atoms with E-state index in [2.05, 4.69) is 17.1 Å². The normalized spacial score (nSPS) is 14.8. The number of unbranched alkanes of at least 4 members (excludes halogenated alkanes) is 5. The molecule has 1 N–H and O–H groups in total. The van der Waals surface area contributed by atoms with Crippen molar-refractivity contribution in [3.8, 4) is 0 Å². The van der Waals surface area contributed by atoms with Crippen LogP contribution >= 0.6 is 0 Å². The molecular formula is C19H40N2O2. The zero-order valence-corrected chi connectivity index (χ0v) is 16.0. The Bertz CT molecular complexity index is 266. The van der Waals surface area contributed by atoms with Crippen molar-refractivity contribution < 1.29 is 9.53 Å². The Morgan fingerprint density at radius 1 is 1.09 bits per heavy atom. The van der Waals surface area contributed by atoms with Crippen LogP contribution in [-0.2, 0) is 9.53 Å². The summed E-state index contributed by atoms with van der Waals surface area (Å²) in [7, 11) is 1.76. The van der Waals surface area contributed by atoms with E-state index in [4.69, 9.17) is 4.74 Å².